The highest BCUT2D eigenvalue weighted by molar-refractivity contribution is 5.90. The van der Waals surface area contributed by atoms with Crippen molar-refractivity contribution in [1.82, 2.24) is 9.97 Å². The summed E-state index contributed by atoms with van der Waals surface area (Å²) < 4.78 is 11.1. The summed E-state index contributed by atoms with van der Waals surface area (Å²) in [6, 6.07) is 15.7. The molecule has 1 aromatic heterocycles. The second kappa shape index (κ2) is 8.88. The van der Waals surface area contributed by atoms with Crippen LogP contribution in [0, 0.1) is 0 Å². The van der Waals surface area contributed by atoms with Gasteiger partial charge in [-0.25, -0.2) is 4.98 Å². The highest BCUT2D eigenvalue weighted by Gasteiger charge is 2.16. The zero-order chi connectivity index (χ0) is 17.8. The number of ether oxygens (including phenoxy) is 2. The Balaban J connectivity index is 0.00000210. The number of hydrogen-bond acceptors (Lipinski definition) is 6. The number of nitrogens with zero attached hydrogens (tertiary/aromatic N) is 2. The third-order valence-corrected chi connectivity index (χ3v) is 4.48. The molecule has 6 nitrogen and oxygen atoms in total. The molecule has 1 fully saturated rings. The van der Waals surface area contributed by atoms with E-state index in [-0.39, 0.29) is 18.5 Å². The molecule has 1 aliphatic rings. The summed E-state index contributed by atoms with van der Waals surface area (Å²) in [7, 11) is 1.65. The lowest BCUT2D eigenvalue weighted by molar-refractivity contribution is -0.00000682. The first-order valence-corrected chi connectivity index (χ1v) is 8.86. The van der Waals surface area contributed by atoms with E-state index in [1.807, 2.05) is 48.5 Å². The van der Waals surface area contributed by atoms with Gasteiger partial charge in [0.2, 0.25) is 5.95 Å². The lowest BCUT2D eigenvalue weighted by Crippen LogP contribution is -3.00. The lowest BCUT2D eigenvalue weighted by Gasteiger charge is -2.15. The molecule has 0 spiro atoms. The van der Waals surface area contributed by atoms with Crippen LogP contribution in [0.15, 0.2) is 48.5 Å². The summed E-state index contributed by atoms with van der Waals surface area (Å²) in [5.41, 5.74) is 1.71. The molecule has 0 amide bonds. The molecule has 7 heteroatoms. The molecule has 2 N–H and O–H groups in total. The molecule has 0 radical (unpaired) electrons. The third-order valence-electron chi connectivity index (χ3n) is 4.48. The summed E-state index contributed by atoms with van der Waals surface area (Å²) in [6.45, 7) is 1.59. The third kappa shape index (κ3) is 4.40. The number of aromatic nitrogens is 2. The van der Waals surface area contributed by atoms with Gasteiger partial charge in [0, 0.05) is 18.5 Å². The van der Waals surface area contributed by atoms with Crippen molar-refractivity contribution in [3.05, 3.63) is 48.5 Å². The van der Waals surface area contributed by atoms with E-state index in [4.69, 9.17) is 9.47 Å². The van der Waals surface area contributed by atoms with E-state index >= 15 is 0 Å². The lowest BCUT2D eigenvalue weighted by atomic mass is 10.2. The van der Waals surface area contributed by atoms with Gasteiger partial charge in [0.1, 0.15) is 11.6 Å². The van der Waals surface area contributed by atoms with Crippen molar-refractivity contribution in [3.63, 3.8) is 0 Å². The highest BCUT2D eigenvalue weighted by Crippen LogP contribution is 2.28. The number of rotatable bonds is 6. The number of fused-ring (bicyclic) bond motifs is 1. The van der Waals surface area contributed by atoms with Crippen LogP contribution in [0.4, 0.5) is 17.5 Å². The fraction of sp³-hybridized carbons (Fsp3) is 0.300. The van der Waals surface area contributed by atoms with Gasteiger partial charge in [-0.15, -0.1) is 0 Å². The average Bonchev–Trinajstić information content (AvgIpc) is 3.20. The molecule has 4 rings (SSSR count). The number of nitrogens with one attached hydrogen (secondary N) is 2. The predicted octanol–water partition coefficient (Wildman–Crippen LogP) is 0.977. The summed E-state index contributed by atoms with van der Waals surface area (Å²) in [6.07, 6.45) is 2.45. The number of methoxy groups -OCH3 is 1. The molecule has 0 aliphatic carbocycles. The molecule has 27 heavy (non-hydrogen) atoms. The SMILES string of the molecule is COc1ccccc1Nc1nc(NCC2CCCO2)c2ccccc2n1.[Cl-]. The molecule has 1 saturated heterocycles. The number of hydrogen-bond donors (Lipinski definition) is 2. The van der Waals surface area contributed by atoms with Gasteiger partial charge in [-0.2, -0.15) is 4.98 Å². The molecule has 2 heterocycles. The van der Waals surface area contributed by atoms with Crippen LogP contribution in [0.2, 0.25) is 0 Å². The van der Waals surface area contributed by atoms with Crippen molar-refractivity contribution < 1.29 is 21.9 Å². The Labute approximate surface area is 164 Å². The van der Waals surface area contributed by atoms with Gasteiger partial charge in [-0.3, -0.25) is 0 Å². The van der Waals surface area contributed by atoms with E-state index in [1.165, 1.54) is 0 Å². The number of anilines is 3. The molecular formula is C20H22ClN4O2-. The van der Waals surface area contributed by atoms with E-state index < -0.39 is 0 Å². The summed E-state index contributed by atoms with van der Waals surface area (Å²) in [4.78, 5) is 9.33. The molecule has 0 bridgehead atoms. The van der Waals surface area contributed by atoms with Crippen LogP contribution in [0.3, 0.4) is 0 Å². The molecule has 2 aromatic carbocycles. The minimum atomic E-state index is 0. The maximum atomic E-state index is 5.70. The summed E-state index contributed by atoms with van der Waals surface area (Å²) >= 11 is 0. The molecule has 1 atom stereocenters. The first kappa shape index (κ1) is 19.2. The van der Waals surface area contributed by atoms with Crippen LogP contribution in [-0.4, -0.2) is 36.3 Å². The zero-order valence-electron chi connectivity index (χ0n) is 15.1. The van der Waals surface area contributed by atoms with Crippen molar-refractivity contribution in [2.45, 2.75) is 18.9 Å². The monoisotopic (exact) mass is 385 g/mol. The topological polar surface area (TPSA) is 68.3 Å². The quantitative estimate of drug-likeness (QED) is 0.659. The highest BCUT2D eigenvalue weighted by atomic mass is 35.5. The largest absolute Gasteiger partial charge is 1.00 e. The molecular weight excluding hydrogens is 364 g/mol. The van der Waals surface area contributed by atoms with Crippen molar-refractivity contribution in [2.75, 3.05) is 30.9 Å². The zero-order valence-corrected chi connectivity index (χ0v) is 15.9. The van der Waals surface area contributed by atoms with Gasteiger partial charge in [-0.1, -0.05) is 24.3 Å². The van der Waals surface area contributed by atoms with E-state index in [9.17, 15) is 0 Å². The van der Waals surface area contributed by atoms with Gasteiger partial charge in [-0.05, 0) is 37.1 Å². The Kier molecular flexibility index (Phi) is 6.32. The Morgan fingerprint density at radius 2 is 1.93 bits per heavy atom. The van der Waals surface area contributed by atoms with E-state index in [2.05, 4.69) is 20.6 Å². The van der Waals surface area contributed by atoms with Crippen LogP contribution < -0.4 is 27.8 Å². The smallest absolute Gasteiger partial charge is 0.229 e. The number of halogens is 1. The van der Waals surface area contributed by atoms with Crippen molar-refractivity contribution >= 4 is 28.4 Å². The van der Waals surface area contributed by atoms with Crippen molar-refractivity contribution in [1.29, 1.82) is 0 Å². The van der Waals surface area contributed by atoms with E-state index in [0.717, 1.165) is 54.2 Å². The van der Waals surface area contributed by atoms with Gasteiger partial charge in [0.15, 0.2) is 0 Å². The van der Waals surface area contributed by atoms with Crippen LogP contribution in [0.25, 0.3) is 10.9 Å². The number of para-hydroxylation sites is 3. The standard InChI is InChI=1S/C20H22N4O2.ClH/c1-25-18-11-5-4-10-17(18)23-20-22-16-9-3-2-8-15(16)19(24-20)21-13-14-7-6-12-26-14;/h2-5,8-11,14H,6-7,12-13H2,1H3,(H2,21,22,23,24);1H/p-1. The maximum Gasteiger partial charge on any atom is 0.229 e. The molecule has 3 aromatic rings. The van der Waals surface area contributed by atoms with Crippen LogP contribution >= 0.6 is 0 Å². The maximum absolute atomic E-state index is 5.70. The summed E-state index contributed by atoms with van der Waals surface area (Å²) in [5, 5.41) is 7.70. The minimum Gasteiger partial charge on any atom is -1.00 e. The fourth-order valence-corrected chi connectivity index (χ4v) is 3.15. The molecule has 1 aliphatic heterocycles. The van der Waals surface area contributed by atoms with Crippen LogP contribution in [0.1, 0.15) is 12.8 Å². The first-order chi connectivity index (χ1) is 12.8. The molecule has 142 valence electrons. The first-order valence-electron chi connectivity index (χ1n) is 8.86. The second-order valence-corrected chi connectivity index (χ2v) is 6.25. The summed E-state index contributed by atoms with van der Waals surface area (Å²) in [5.74, 6) is 2.09. The van der Waals surface area contributed by atoms with Gasteiger partial charge < -0.3 is 32.5 Å². The Hall–Kier alpha value is -2.57. The second-order valence-electron chi connectivity index (χ2n) is 6.25. The fourth-order valence-electron chi connectivity index (χ4n) is 3.15. The number of benzene rings is 2. The molecule has 1 unspecified atom stereocenters. The Morgan fingerprint density at radius 1 is 1.11 bits per heavy atom. The van der Waals surface area contributed by atoms with Gasteiger partial charge >= 0.3 is 0 Å². The normalized spacial score (nSPS) is 16.0. The van der Waals surface area contributed by atoms with Gasteiger partial charge in [0.05, 0.1) is 24.4 Å². The van der Waals surface area contributed by atoms with Gasteiger partial charge in [0.25, 0.3) is 0 Å². The van der Waals surface area contributed by atoms with Crippen LogP contribution in [-0.2, 0) is 4.74 Å². The van der Waals surface area contributed by atoms with E-state index in [0.29, 0.717) is 5.95 Å². The Morgan fingerprint density at radius 3 is 2.74 bits per heavy atom. The minimum absolute atomic E-state index is 0. The predicted molar refractivity (Wildman–Crippen MR) is 103 cm³/mol. The van der Waals surface area contributed by atoms with Crippen molar-refractivity contribution in [2.24, 2.45) is 0 Å². The van der Waals surface area contributed by atoms with E-state index in [1.54, 1.807) is 7.11 Å². The van der Waals surface area contributed by atoms with Crippen molar-refractivity contribution in [3.8, 4) is 5.75 Å². The average molecular weight is 386 g/mol. The van der Waals surface area contributed by atoms with Crippen LogP contribution in [0.5, 0.6) is 5.75 Å². The Bertz CT molecular complexity index is 900. The molecule has 0 saturated carbocycles.